The molecular formula is C44H40Cl2F3N7O5S. The number of carbonyl (C=O) groups is 1. The molecule has 0 unspecified atom stereocenters. The number of alkyl halides is 3. The standard InChI is InChI=1S/C44H40Cl2F3N7O5S/c45-37-29(30-4-2-6-33(38(30)46)52-41-39-24(11-14-50-41)17-23(19-51-39)20-55-15-13-26(57)22-55)3-1-5-31(37)43-53-34-18-32-28(36(40(34)61-43)44(47,48)49)9-10-35(32)56-16-12-25(21-56)42(58)54-62(59,60)27-7-8-27/h1-6,11,14,17-19,25-27,35,57H,7-10,12-13,15-16,20-22H2,(H,50,52)(H,54,58)/t25-,26-,35-/m1/s1. The van der Waals surface area contributed by atoms with Crippen LogP contribution in [0.25, 0.3) is 44.6 Å². The minimum Gasteiger partial charge on any atom is -0.435 e. The van der Waals surface area contributed by atoms with E-state index >= 15 is 13.2 Å². The van der Waals surface area contributed by atoms with Crippen molar-refractivity contribution in [2.24, 2.45) is 5.92 Å². The summed E-state index contributed by atoms with van der Waals surface area (Å²) in [6, 6.07) is 15.6. The van der Waals surface area contributed by atoms with Crippen LogP contribution < -0.4 is 10.0 Å². The molecule has 2 aliphatic heterocycles. The Balaban J connectivity index is 0.930. The van der Waals surface area contributed by atoms with Gasteiger partial charge in [-0.2, -0.15) is 13.2 Å². The van der Waals surface area contributed by atoms with Gasteiger partial charge in [0.1, 0.15) is 16.6 Å². The van der Waals surface area contributed by atoms with Gasteiger partial charge >= 0.3 is 6.18 Å². The molecule has 62 heavy (non-hydrogen) atoms. The first-order chi connectivity index (χ1) is 29.7. The highest BCUT2D eigenvalue weighted by molar-refractivity contribution is 7.90. The van der Waals surface area contributed by atoms with Crippen molar-refractivity contribution in [2.45, 2.75) is 68.6 Å². The second kappa shape index (κ2) is 15.7. The first-order valence-corrected chi connectivity index (χ1v) is 22.8. The van der Waals surface area contributed by atoms with Gasteiger partial charge in [0, 0.05) is 61.1 Å². The quantitative estimate of drug-likeness (QED) is 0.121. The maximum absolute atomic E-state index is 15.0. The summed E-state index contributed by atoms with van der Waals surface area (Å²) < 4.78 is 78.1. The lowest BCUT2D eigenvalue weighted by atomic mass is 9.99. The van der Waals surface area contributed by atoms with Gasteiger partial charge in [0.2, 0.25) is 21.8 Å². The van der Waals surface area contributed by atoms with Crippen LogP contribution in [0.3, 0.4) is 0 Å². The number of rotatable bonds is 10. The van der Waals surface area contributed by atoms with Gasteiger partial charge in [-0.3, -0.25) is 24.3 Å². The van der Waals surface area contributed by atoms with Crippen LogP contribution in [-0.4, -0.2) is 81.7 Å². The van der Waals surface area contributed by atoms with Gasteiger partial charge in [-0.25, -0.2) is 18.4 Å². The van der Waals surface area contributed by atoms with Crippen molar-refractivity contribution in [1.29, 1.82) is 0 Å². The number of nitrogens with one attached hydrogen (secondary N) is 2. The first kappa shape index (κ1) is 41.2. The summed E-state index contributed by atoms with van der Waals surface area (Å²) in [6.45, 7) is 2.78. The highest BCUT2D eigenvalue weighted by Crippen LogP contribution is 2.49. The average Bonchev–Trinajstić information content (AvgIpc) is 3.48. The van der Waals surface area contributed by atoms with Crippen LogP contribution in [0.5, 0.6) is 0 Å². The van der Waals surface area contributed by atoms with Gasteiger partial charge in [0.05, 0.1) is 38.6 Å². The van der Waals surface area contributed by atoms with E-state index < -0.39 is 44.9 Å². The van der Waals surface area contributed by atoms with E-state index in [4.69, 9.17) is 32.6 Å². The number of benzene rings is 3. The van der Waals surface area contributed by atoms with Crippen molar-refractivity contribution in [3.63, 3.8) is 0 Å². The van der Waals surface area contributed by atoms with Crippen LogP contribution in [0.4, 0.5) is 24.7 Å². The third-order valence-corrected chi connectivity index (χ3v) is 15.1. The minimum atomic E-state index is -4.76. The van der Waals surface area contributed by atoms with Crippen LogP contribution >= 0.6 is 23.2 Å². The Labute approximate surface area is 364 Å². The number of amides is 1. The molecular weight excluding hydrogens is 866 g/mol. The fraction of sp³-hybridized carbons (Fsp3) is 0.364. The molecule has 0 radical (unpaired) electrons. The number of fused-ring (bicyclic) bond motifs is 3. The number of aliphatic hydroxyl groups is 1. The van der Waals surface area contributed by atoms with Crippen LogP contribution in [0.15, 0.2) is 71.4 Å². The number of halogens is 5. The zero-order chi connectivity index (χ0) is 43.1. The van der Waals surface area contributed by atoms with Crippen LogP contribution in [0.2, 0.25) is 10.0 Å². The summed E-state index contributed by atoms with van der Waals surface area (Å²) in [5, 5.41) is 14.1. The maximum Gasteiger partial charge on any atom is 0.420 e. The number of hydrogen-bond acceptors (Lipinski definition) is 11. The van der Waals surface area contributed by atoms with Crippen LogP contribution in [0, 0.1) is 5.92 Å². The highest BCUT2D eigenvalue weighted by Gasteiger charge is 2.45. The SMILES string of the molecule is O=C(NS(=O)(=O)C1CC1)[C@@H]1CCN([C@@H]2CCc3c2cc2nc(-c4cccc(-c5cccc(Nc6nccc7cc(CN8CC[C@@H](O)C8)cnc67)c5Cl)c4Cl)oc2c3C(F)(F)F)C1. The largest absolute Gasteiger partial charge is 0.435 e. The molecule has 18 heteroatoms. The molecule has 6 aromatic rings. The molecule has 4 aliphatic rings. The van der Waals surface area contributed by atoms with Crippen molar-refractivity contribution < 1.29 is 35.9 Å². The van der Waals surface area contributed by atoms with E-state index in [2.05, 4.69) is 31.0 Å². The van der Waals surface area contributed by atoms with Crippen molar-refractivity contribution >= 4 is 72.6 Å². The number of oxazole rings is 1. The van der Waals surface area contributed by atoms with Gasteiger partial charge in [0.15, 0.2) is 11.4 Å². The van der Waals surface area contributed by atoms with Crippen molar-refractivity contribution in [1.82, 2.24) is 29.5 Å². The Morgan fingerprint density at radius 2 is 1.71 bits per heavy atom. The molecule has 322 valence electrons. The molecule has 2 saturated heterocycles. The molecule has 1 saturated carbocycles. The Kier molecular flexibility index (Phi) is 10.5. The number of likely N-dealkylation sites (tertiary alicyclic amines) is 2. The predicted octanol–water partition coefficient (Wildman–Crippen LogP) is 8.66. The van der Waals surface area contributed by atoms with Gasteiger partial charge in [0.25, 0.3) is 0 Å². The summed E-state index contributed by atoms with van der Waals surface area (Å²) in [4.78, 5) is 30.9. The zero-order valence-corrected chi connectivity index (χ0v) is 35.4. The molecule has 3 atom stereocenters. The molecule has 3 aromatic carbocycles. The number of sulfonamides is 1. The number of aromatic nitrogens is 3. The van der Waals surface area contributed by atoms with E-state index in [0.29, 0.717) is 84.1 Å². The molecule has 10 rings (SSSR count). The molecule has 5 heterocycles. The maximum atomic E-state index is 15.0. The third-order valence-electron chi connectivity index (χ3n) is 12.5. The first-order valence-electron chi connectivity index (χ1n) is 20.5. The van der Waals surface area contributed by atoms with Crippen LogP contribution in [0.1, 0.15) is 60.4 Å². The Hall–Kier alpha value is -4.84. The van der Waals surface area contributed by atoms with E-state index in [1.54, 1.807) is 54.9 Å². The van der Waals surface area contributed by atoms with Gasteiger partial charge in [-0.15, -0.1) is 0 Å². The average molecular weight is 907 g/mol. The summed E-state index contributed by atoms with van der Waals surface area (Å²) in [6.07, 6.45) is 1.14. The smallest absolute Gasteiger partial charge is 0.420 e. The lowest BCUT2D eigenvalue weighted by molar-refractivity contribution is -0.137. The molecule has 2 aliphatic carbocycles. The van der Waals surface area contributed by atoms with E-state index in [9.17, 15) is 18.3 Å². The topological polar surface area (TPSA) is 154 Å². The van der Waals surface area contributed by atoms with E-state index in [1.165, 1.54) is 0 Å². The molecule has 3 fully saturated rings. The molecule has 12 nitrogen and oxygen atoms in total. The monoisotopic (exact) mass is 905 g/mol. The summed E-state index contributed by atoms with van der Waals surface area (Å²) in [7, 11) is -3.72. The number of pyridine rings is 2. The van der Waals surface area contributed by atoms with Crippen LogP contribution in [-0.2, 0) is 34.0 Å². The van der Waals surface area contributed by atoms with Crippen molar-refractivity contribution in [2.75, 3.05) is 31.5 Å². The molecule has 3 N–H and O–H groups in total. The van der Waals surface area contributed by atoms with Gasteiger partial charge < -0.3 is 14.8 Å². The third kappa shape index (κ3) is 7.68. The van der Waals surface area contributed by atoms with E-state index in [-0.39, 0.29) is 52.2 Å². The van der Waals surface area contributed by atoms with Crippen molar-refractivity contribution in [3.05, 3.63) is 99.3 Å². The van der Waals surface area contributed by atoms with Gasteiger partial charge in [-0.1, -0.05) is 47.5 Å². The Morgan fingerprint density at radius 1 is 0.935 bits per heavy atom. The second-order valence-electron chi connectivity index (χ2n) is 16.6. The van der Waals surface area contributed by atoms with Gasteiger partial charge in [-0.05, 0) is 92.1 Å². The Bertz CT molecular complexity index is 2890. The summed E-state index contributed by atoms with van der Waals surface area (Å²) in [5.41, 5.74) is 2.83. The number of carbonyl (C=O) groups excluding carboxylic acids is 1. The van der Waals surface area contributed by atoms with E-state index in [0.717, 1.165) is 23.9 Å². The summed E-state index contributed by atoms with van der Waals surface area (Å²) in [5.74, 6) is -0.777. The fourth-order valence-electron chi connectivity index (χ4n) is 9.26. The molecule has 0 bridgehead atoms. The molecule has 1 amide bonds. The predicted molar refractivity (Wildman–Crippen MR) is 229 cm³/mol. The lowest BCUT2D eigenvalue weighted by Gasteiger charge is -2.25. The zero-order valence-electron chi connectivity index (χ0n) is 33.1. The Morgan fingerprint density at radius 3 is 2.47 bits per heavy atom. The number of anilines is 2. The summed E-state index contributed by atoms with van der Waals surface area (Å²) >= 11 is 14.1. The number of hydrogen-bond donors (Lipinski definition) is 3. The minimum absolute atomic E-state index is 0.0193. The van der Waals surface area contributed by atoms with Crippen molar-refractivity contribution in [3.8, 4) is 22.6 Å². The normalized spacial score (nSPS) is 21.0. The number of β-amino-alcohol motifs (C(OH)–C–C–N with tert-alkyl or cyclic N) is 1. The number of aliphatic hydroxyl groups excluding tert-OH is 1. The van der Waals surface area contributed by atoms with E-state index in [1.807, 2.05) is 11.0 Å². The molecule has 0 spiro atoms. The second-order valence-corrected chi connectivity index (χ2v) is 19.4. The fourth-order valence-corrected chi connectivity index (χ4v) is 11.2. The lowest BCUT2D eigenvalue weighted by Crippen LogP contribution is -2.38. The highest BCUT2D eigenvalue weighted by atomic mass is 35.5. The number of nitrogens with zero attached hydrogens (tertiary/aromatic N) is 5. The molecule has 3 aromatic heterocycles.